The van der Waals surface area contributed by atoms with Gasteiger partial charge in [-0.05, 0) is 48.4 Å². The molecule has 1 heterocycles. The number of unbranched alkanes of at least 4 members (excludes halogenated alkanes) is 2. The Hall–Kier alpha value is -3.21. The number of hydrogen-bond donors (Lipinski definition) is 0. The van der Waals surface area contributed by atoms with Crippen LogP contribution in [-0.2, 0) is 0 Å². The maximum atomic E-state index is 14.8. The van der Waals surface area contributed by atoms with E-state index in [4.69, 9.17) is 9.15 Å². The van der Waals surface area contributed by atoms with E-state index in [1.54, 1.807) is 36.4 Å². The van der Waals surface area contributed by atoms with E-state index in [2.05, 4.69) is 11.9 Å². The number of oxazole rings is 1. The minimum atomic E-state index is -0.520. The maximum Gasteiger partial charge on any atom is 0.230 e. The van der Waals surface area contributed by atoms with Gasteiger partial charge in [0.25, 0.3) is 0 Å². The van der Waals surface area contributed by atoms with Crippen LogP contribution in [0.15, 0.2) is 65.1 Å². The van der Waals surface area contributed by atoms with Crippen LogP contribution in [0.2, 0.25) is 0 Å². The average Bonchev–Trinajstić information content (AvgIpc) is 3.15. The number of nitrogens with zero attached hydrogens (tertiary/aromatic N) is 1. The number of fused-ring (bicyclic) bond motifs is 1. The van der Waals surface area contributed by atoms with Gasteiger partial charge in [0.1, 0.15) is 22.9 Å². The summed E-state index contributed by atoms with van der Waals surface area (Å²) in [6, 6.07) is 16.4. The first-order chi connectivity index (χ1) is 14.2. The van der Waals surface area contributed by atoms with Crippen LogP contribution in [0.5, 0.6) is 5.75 Å². The largest absolute Gasteiger partial charge is 0.493 e. The monoisotopic (exact) mass is 393 g/mol. The molecule has 5 heteroatoms. The van der Waals surface area contributed by atoms with Gasteiger partial charge < -0.3 is 9.15 Å². The highest BCUT2D eigenvalue weighted by Gasteiger charge is 2.15. The standard InChI is InChI=1S/C24H21F2NO2/c1-2-3-6-13-28-17-10-12-18(21(26)15-17)16-9-11-19(20(25)14-16)24-27-22-7-4-5-8-23(22)29-24/h4-5,7-12,14-15H,2-3,6,13H2,1H3. The highest BCUT2D eigenvalue weighted by molar-refractivity contribution is 5.77. The average molecular weight is 393 g/mol. The van der Waals surface area contributed by atoms with Crippen molar-refractivity contribution in [1.82, 2.24) is 4.98 Å². The molecule has 29 heavy (non-hydrogen) atoms. The minimum absolute atomic E-state index is 0.201. The third kappa shape index (κ3) is 4.14. The van der Waals surface area contributed by atoms with E-state index in [1.807, 2.05) is 12.1 Å². The summed E-state index contributed by atoms with van der Waals surface area (Å²) < 4.78 is 40.5. The predicted octanol–water partition coefficient (Wildman–Crippen LogP) is 7.01. The lowest BCUT2D eigenvalue weighted by molar-refractivity contribution is 0.305. The van der Waals surface area contributed by atoms with Crippen molar-refractivity contribution >= 4 is 11.1 Å². The summed E-state index contributed by atoms with van der Waals surface area (Å²) in [6.07, 6.45) is 3.11. The minimum Gasteiger partial charge on any atom is -0.493 e. The number of hydrogen-bond acceptors (Lipinski definition) is 3. The van der Waals surface area contributed by atoms with E-state index >= 15 is 0 Å². The van der Waals surface area contributed by atoms with E-state index in [0.717, 1.165) is 19.3 Å². The summed E-state index contributed by atoms with van der Waals surface area (Å²) >= 11 is 0. The zero-order chi connectivity index (χ0) is 20.2. The first kappa shape index (κ1) is 19.1. The van der Waals surface area contributed by atoms with Gasteiger partial charge in [-0.15, -0.1) is 0 Å². The quantitative estimate of drug-likeness (QED) is 0.317. The number of benzene rings is 3. The number of aromatic nitrogens is 1. The lowest BCUT2D eigenvalue weighted by Gasteiger charge is -2.09. The van der Waals surface area contributed by atoms with Crippen molar-refractivity contribution in [2.45, 2.75) is 26.2 Å². The molecule has 0 saturated heterocycles. The molecule has 0 aliphatic rings. The summed E-state index contributed by atoms with van der Waals surface area (Å²) in [7, 11) is 0. The summed E-state index contributed by atoms with van der Waals surface area (Å²) in [5.74, 6) is -0.294. The SMILES string of the molecule is CCCCCOc1ccc(-c2ccc(-c3nc4ccccc4o3)c(F)c2)c(F)c1. The lowest BCUT2D eigenvalue weighted by atomic mass is 10.0. The van der Waals surface area contributed by atoms with E-state index in [9.17, 15) is 8.78 Å². The Kier molecular flexibility index (Phi) is 5.56. The van der Waals surface area contributed by atoms with Gasteiger partial charge in [0.05, 0.1) is 12.2 Å². The van der Waals surface area contributed by atoms with Gasteiger partial charge in [-0.25, -0.2) is 13.8 Å². The van der Waals surface area contributed by atoms with Crippen LogP contribution < -0.4 is 4.74 Å². The fourth-order valence-electron chi connectivity index (χ4n) is 3.21. The Morgan fingerprint density at radius 3 is 2.45 bits per heavy atom. The molecule has 3 aromatic carbocycles. The Morgan fingerprint density at radius 1 is 0.897 bits per heavy atom. The molecule has 0 amide bonds. The molecular weight excluding hydrogens is 372 g/mol. The fraction of sp³-hybridized carbons (Fsp3) is 0.208. The summed E-state index contributed by atoms with van der Waals surface area (Å²) in [6.45, 7) is 2.67. The van der Waals surface area contributed by atoms with Crippen LogP contribution >= 0.6 is 0 Å². The molecule has 0 radical (unpaired) electrons. The first-order valence-electron chi connectivity index (χ1n) is 9.74. The van der Waals surface area contributed by atoms with Gasteiger partial charge in [-0.3, -0.25) is 0 Å². The molecule has 0 fully saturated rings. The van der Waals surface area contributed by atoms with Crippen LogP contribution in [-0.4, -0.2) is 11.6 Å². The molecule has 0 saturated carbocycles. The lowest BCUT2D eigenvalue weighted by Crippen LogP contribution is -1.98. The Morgan fingerprint density at radius 2 is 1.69 bits per heavy atom. The highest BCUT2D eigenvalue weighted by Crippen LogP contribution is 2.32. The number of rotatable bonds is 7. The summed E-state index contributed by atoms with van der Waals surface area (Å²) in [5.41, 5.74) is 2.24. The molecule has 0 bridgehead atoms. The molecule has 4 rings (SSSR count). The van der Waals surface area contributed by atoms with Crippen molar-refractivity contribution in [3.63, 3.8) is 0 Å². The zero-order valence-electron chi connectivity index (χ0n) is 16.1. The smallest absolute Gasteiger partial charge is 0.230 e. The maximum absolute atomic E-state index is 14.8. The topological polar surface area (TPSA) is 35.3 Å². The van der Waals surface area contributed by atoms with Gasteiger partial charge in [0.2, 0.25) is 5.89 Å². The molecule has 0 atom stereocenters. The third-order valence-electron chi connectivity index (χ3n) is 4.76. The Balaban J connectivity index is 1.57. The molecule has 148 valence electrons. The van der Waals surface area contributed by atoms with E-state index < -0.39 is 11.6 Å². The first-order valence-corrected chi connectivity index (χ1v) is 9.74. The van der Waals surface area contributed by atoms with Crippen LogP contribution in [0.25, 0.3) is 33.7 Å². The predicted molar refractivity (Wildman–Crippen MR) is 110 cm³/mol. The van der Waals surface area contributed by atoms with E-state index in [0.29, 0.717) is 34.6 Å². The van der Waals surface area contributed by atoms with E-state index in [1.165, 1.54) is 12.1 Å². The molecule has 4 aromatic rings. The van der Waals surface area contributed by atoms with Gasteiger partial charge in [-0.2, -0.15) is 0 Å². The molecule has 3 nitrogen and oxygen atoms in total. The summed E-state index contributed by atoms with van der Waals surface area (Å²) in [4.78, 5) is 4.32. The van der Waals surface area contributed by atoms with Crippen molar-refractivity contribution < 1.29 is 17.9 Å². The third-order valence-corrected chi connectivity index (χ3v) is 4.76. The van der Waals surface area contributed by atoms with Gasteiger partial charge >= 0.3 is 0 Å². The normalized spacial score (nSPS) is 11.1. The van der Waals surface area contributed by atoms with Gasteiger partial charge in [-0.1, -0.05) is 38.0 Å². The van der Waals surface area contributed by atoms with Gasteiger partial charge in [0, 0.05) is 11.6 Å². The molecule has 0 aliphatic carbocycles. The number of ether oxygens (including phenoxy) is 1. The van der Waals surface area contributed by atoms with Crippen molar-refractivity contribution in [3.05, 3.63) is 72.3 Å². The van der Waals surface area contributed by atoms with Crippen LogP contribution in [0.3, 0.4) is 0 Å². The number of halogens is 2. The van der Waals surface area contributed by atoms with Crippen LogP contribution in [0, 0.1) is 11.6 Å². The fourth-order valence-corrected chi connectivity index (χ4v) is 3.21. The highest BCUT2D eigenvalue weighted by atomic mass is 19.1. The second-order valence-corrected chi connectivity index (χ2v) is 6.88. The van der Waals surface area contributed by atoms with Crippen molar-refractivity contribution in [2.75, 3.05) is 6.61 Å². The van der Waals surface area contributed by atoms with Crippen molar-refractivity contribution in [1.29, 1.82) is 0 Å². The van der Waals surface area contributed by atoms with Crippen molar-refractivity contribution in [2.24, 2.45) is 0 Å². The molecule has 0 aliphatic heterocycles. The second-order valence-electron chi connectivity index (χ2n) is 6.88. The Bertz CT molecular complexity index is 1100. The second kappa shape index (κ2) is 8.43. The molecule has 0 N–H and O–H groups in total. The van der Waals surface area contributed by atoms with Gasteiger partial charge in [0.15, 0.2) is 5.58 Å². The van der Waals surface area contributed by atoms with Crippen LogP contribution in [0.1, 0.15) is 26.2 Å². The number of para-hydroxylation sites is 2. The van der Waals surface area contributed by atoms with Crippen molar-refractivity contribution in [3.8, 4) is 28.3 Å². The van der Waals surface area contributed by atoms with E-state index in [-0.39, 0.29) is 11.5 Å². The molecule has 0 unspecified atom stereocenters. The van der Waals surface area contributed by atoms with Crippen LogP contribution in [0.4, 0.5) is 8.78 Å². The molecule has 1 aromatic heterocycles. The molecule has 0 spiro atoms. The summed E-state index contributed by atoms with van der Waals surface area (Å²) in [5, 5.41) is 0. The Labute approximate surface area is 168 Å². The zero-order valence-corrected chi connectivity index (χ0v) is 16.1. The molecular formula is C24H21F2NO2.